The lowest BCUT2D eigenvalue weighted by Crippen LogP contribution is -2.37. The molecular formula is C18H20BNO4. The van der Waals surface area contributed by atoms with Crippen molar-refractivity contribution < 1.29 is 18.8 Å². The molecule has 24 heavy (non-hydrogen) atoms. The first-order valence-electron chi connectivity index (χ1n) is 8.21. The first-order valence-corrected chi connectivity index (χ1v) is 8.21. The van der Waals surface area contributed by atoms with Gasteiger partial charge in [0.15, 0.2) is 0 Å². The summed E-state index contributed by atoms with van der Waals surface area (Å²) in [5.41, 5.74) is 10.1. The number of allylic oxidation sites excluding steroid dienone is 3. The Morgan fingerprint density at radius 1 is 1.21 bits per heavy atom. The van der Waals surface area contributed by atoms with Crippen LogP contribution in [0, 0.1) is 0 Å². The lowest BCUT2D eigenvalue weighted by Gasteiger charge is -2.24. The Morgan fingerprint density at radius 3 is 2.92 bits per heavy atom. The predicted octanol–water partition coefficient (Wildman–Crippen LogP) is 1.75. The van der Waals surface area contributed by atoms with Gasteiger partial charge in [0.05, 0.1) is 31.7 Å². The van der Waals surface area contributed by atoms with Crippen LogP contribution in [0.15, 0.2) is 65.4 Å². The Kier molecular flexibility index (Phi) is 4.53. The number of nitrogens with two attached hydrogens (primary N) is 1. The van der Waals surface area contributed by atoms with E-state index in [0.717, 1.165) is 22.2 Å². The molecule has 5 nitrogen and oxygen atoms in total. The highest BCUT2D eigenvalue weighted by Gasteiger charge is 2.45. The Balaban J connectivity index is 1.47. The fraction of sp³-hybridized carbons (Fsp3) is 0.333. The van der Waals surface area contributed by atoms with Gasteiger partial charge in [-0.2, -0.15) is 0 Å². The summed E-state index contributed by atoms with van der Waals surface area (Å²) in [5.74, 6) is 0. The summed E-state index contributed by atoms with van der Waals surface area (Å²) < 4.78 is 23.4. The maximum absolute atomic E-state index is 6.07. The summed E-state index contributed by atoms with van der Waals surface area (Å²) in [4.78, 5) is 0. The zero-order chi connectivity index (χ0) is 16.4. The Labute approximate surface area is 141 Å². The summed E-state index contributed by atoms with van der Waals surface area (Å²) in [6.07, 6.45) is 5.42. The zero-order valence-electron chi connectivity index (χ0n) is 13.4. The summed E-state index contributed by atoms with van der Waals surface area (Å²) in [5, 5.41) is 0. The lowest BCUT2D eigenvalue weighted by atomic mass is 9.70. The maximum Gasteiger partial charge on any atom is 0.495 e. The molecule has 6 heteroatoms. The van der Waals surface area contributed by atoms with Gasteiger partial charge in [0.25, 0.3) is 0 Å². The SMILES string of the molecule is NCC1C=C2C=COCC3=C2B(O1)OC3COCc1ccccc1. The topological polar surface area (TPSA) is 62.9 Å². The quantitative estimate of drug-likeness (QED) is 0.836. The van der Waals surface area contributed by atoms with Crippen LogP contribution < -0.4 is 5.73 Å². The summed E-state index contributed by atoms with van der Waals surface area (Å²) in [6, 6.07) is 10.1. The molecule has 0 aliphatic carbocycles. The maximum atomic E-state index is 6.07. The third-order valence-corrected chi connectivity index (χ3v) is 4.43. The van der Waals surface area contributed by atoms with Crippen molar-refractivity contribution in [1.82, 2.24) is 0 Å². The molecule has 0 saturated carbocycles. The van der Waals surface area contributed by atoms with Crippen molar-refractivity contribution in [2.75, 3.05) is 19.8 Å². The number of ether oxygens (including phenoxy) is 2. The molecule has 2 atom stereocenters. The average Bonchev–Trinajstić information content (AvgIpc) is 2.82. The van der Waals surface area contributed by atoms with Crippen molar-refractivity contribution in [2.45, 2.75) is 18.8 Å². The van der Waals surface area contributed by atoms with Gasteiger partial charge in [-0.25, -0.2) is 0 Å². The highest BCUT2D eigenvalue weighted by Crippen LogP contribution is 2.37. The summed E-state index contributed by atoms with van der Waals surface area (Å²) >= 11 is 0. The molecule has 0 aromatic heterocycles. The van der Waals surface area contributed by atoms with Crippen LogP contribution in [0.1, 0.15) is 5.56 Å². The molecule has 2 N–H and O–H groups in total. The van der Waals surface area contributed by atoms with Crippen LogP contribution in [0.25, 0.3) is 0 Å². The van der Waals surface area contributed by atoms with E-state index in [1.165, 1.54) is 0 Å². The lowest BCUT2D eigenvalue weighted by molar-refractivity contribution is 0.0422. The van der Waals surface area contributed by atoms with Gasteiger partial charge in [-0.1, -0.05) is 30.3 Å². The van der Waals surface area contributed by atoms with Gasteiger partial charge in [0.2, 0.25) is 0 Å². The summed E-state index contributed by atoms with van der Waals surface area (Å²) in [7, 11) is -0.384. The molecule has 1 aromatic rings. The molecule has 0 bridgehead atoms. The van der Waals surface area contributed by atoms with E-state index in [0.29, 0.717) is 26.4 Å². The fourth-order valence-electron chi connectivity index (χ4n) is 3.23. The van der Waals surface area contributed by atoms with Crippen molar-refractivity contribution in [3.63, 3.8) is 0 Å². The van der Waals surface area contributed by atoms with Gasteiger partial charge in [0.1, 0.15) is 6.61 Å². The van der Waals surface area contributed by atoms with E-state index in [9.17, 15) is 0 Å². The number of rotatable bonds is 5. The second-order valence-electron chi connectivity index (χ2n) is 6.04. The van der Waals surface area contributed by atoms with Crippen LogP contribution in [0.4, 0.5) is 0 Å². The van der Waals surface area contributed by atoms with E-state index in [1.54, 1.807) is 6.26 Å². The van der Waals surface area contributed by atoms with Crippen LogP contribution in [0.2, 0.25) is 0 Å². The van der Waals surface area contributed by atoms with E-state index >= 15 is 0 Å². The molecule has 0 amide bonds. The Morgan fingerprint density at radius 2 is 2.08 bits per heavy atom. The summed E-state index contributed by atoms with van der Waals surface area (Å²) in [6.45, 7) is 1.95. The van der Waals surface area contributed by atoms with Gasteiger partial charge in [0, 0.05) is 6.54 Å². The molecule has 4 rings (SSSR count). The Bertz CT molecular complexity index is 686. The number of benzene rings is 1. The van der Waals surface area contributed by atoms with E-state index < -0.39 is 0 Å². The molecular weight excluding hydrogens is 305 g/mol. The molecule has 0 spiro atoms. The van der Waals surface area contributed by atoms with Crippen molar-refractivity contribution >= 4 is 7.12 Å². The molecule has 3 aliphatic rings. The van der Waals surface area contributed by atoms with Crippen molar-refractivity contribution in [1.29, 1.82) is 0 Å². The zero-order valence-corrected chi connectivity index (χ0v) is 13.4. The molecule has 124 valence electrons. The van der Waals surface area contributed by atoms with Crippen LogP contribution in [-0.2, 0) is 25.4 Å². The largest absolute Gasteiger partial charge is 0.497 e. The van der Waals surface area contributed by atoms with Crippen LogP contribution in [0.3, 0.4) is 0 Å². The van der Waals surface area contributed by atoms with Crippen LogP contribution in [0.5, 0.6) is 0 Å². The van der Waals surface area contributed by atoms with Gasteiger partial charge in [-0.15, -0.1) is 0 Å². The van der Waals surface area contributed by atoms with Crippen LogP contribution >= 0.6 is 0 Å². The standard InChI is InChI=1S/C18H20BNO4/c20-9-15-8-14-6-7-21-11-16-17(24-19(23-15)18(14)16)12-22-10-13-4-2-1-3-5-13/h1-8,15,17H,9-12,20H2. The van der Waals surface area contributed by atoms with Crippen molar-refractivity contribution in [3.8, 4) is 0 Å². The first-order chi connectivity index (χ1) is 11.8. The highest BCUT2D eigenvalue weighted by atomic mass is 16.6. The minimum atomic E-state index is -0.384. The smallest absolute Gasteiger partial charge is 0.495 e. The normalized spacial score (nSPS) is 25.2. The number of hydrogen-bond donors (Lipinski definition) is 1. The van der Waals surface area contributed by atoms with Crippen molar-refractivity contribution in [3.05, 3.63) is 70.9 Å². The monoisotopic (exact) mass is 325 g/mol. The minimum Gasteiger partial charge on any atom is -0.497 e. The average molecular weight is 325 g/mol. The third kappa shape index (κ3) is 3.06. The molecule has 0 fully saturated rings. The number of hydrogen-bond acceptors (Lipinski definition) is 5. The highest BCUT2D eigenvalue weighted by molar-refractivity contribution is 6.57. The molecule has 2 unspecified atom stereocenters. The van der Waals surface area contributed by atoms with Gasteiger partial charge in [-0.05, 0) is 34.3 Å². The van der Waals surface area contributed by atoms with Gasteiger partial charge >= 0.3 is 7.12 Å². The third-order valence-electron chi connectivity index (χ3n) is 4.43. The van der Waals surface area contributed by atoms with E-state index in [-0.39, 0.29) is 19.3 Å². The predicted molar refractivity (Wildman–Crippen MR) is 90.9 cm³/mol. The second-order valence-corrected chi connectivity index (χ2v) is 6.04. The molecule has 0 radical (unpaired) electrons. The molecule has 3 aliphatic heterocycles. The van der Waals surface area contributed by atoms with E-state index in [4.69, 9.17) is 24.5 Å². The van der Waals surface area contributed by atoms with E-state index in [1.807, 2.05) is 42.5 Å². The molecule has 1 aromatic carbocycles. The minimum absolute atomic E-state index is 0.137. The van der Waals surface area contributed by atoms with Gasteiger partial charge in [-0.3, -0.25) is 0 Å². The fourth-order valence-corrected chi connectivity index (χ4v) is 3.23. The first kappa shape index (κ1) is 15.7. The van der Waals surface area contributed by atoms with Crippen LogP contribution in [-0.4, -0.2) is 39.1 Å². The van der Waals surface area contributed by atoms with Crippen molar-refractivity contribution in [2.24, 2.45) is 5.73 Å². The Hall–Kier alpha value is -1.86. The molecule has 3 heterocycles. The second kappa shape index (κ2) is 6.95. The van der Waals surface area contributed by atoms with Gasteiger partial charge < -0.3 is 24.5 Å². The van der Waals surface area contributed by atoms with E-state index in [2.05, 4.69) is 0 Å². The molecule has 0 saturated heterocycles.